The summed E-state index contributed by atoms with van der Waals surface area (Å²) in [5.41, 5.74) is 1.84. The molecule has 0 radical (unpaired) electrons. The van der Waals surface area contributed by atoms with Crippen LogP contribution < -0.4 is 10.6 Å². The van der Waals surface area contributed by atoms with Crippen LogP contribution in [0.25, 0.3) is 11.0 Å². The second kappa shape index (κ2) is 6.29. The van der Waals surface area contributed by atoms with E-state index in [0.717, 1.165) is 6.42 Å². The number of cyclic esters (lactones) is 1. The monoisotopic (exact) mass is 304 g/mol. The minimum absolute atomic E-state index is 0.333. The molecule has 3 N–H and O–H groups in total. The largest absolute Gasteiger partial charge is 0.449 e. The number of benzene rings is 1. The number of nitrogens with zero attached hydrogens (tertiary/aromatic N) is 3. The number of anilines is 1. The van der Waals surface area contributed by atoms with Crippen LogP contribution in [0.4, 0.5) is 15.3 Å². The predicted octanol–water partition coefficient (Wildman–Crippen LogP) is 0.922. The van der Waals surface area contributed by atoms with Crippen molar-refractivity contribution in [1.82, 2.24) is 25.6 Å². The van der Waals surface area contributed by atoms with Crippen molar-refractivity contribution >= 4 is 28.8 Å². The summed E-state index contributed by atoms with van der Waals surface area (Å²) >= 11 is 0. The van der Waals surface area contributed by atoms with Crippen molar-refractivity contribution in [3.05, 3.63) is 18.2 Å². The molecule has 22 heavy (non-hydrogen) atoms. The number of rotatable bonds is 4. The first-order valence-electron chi connectivity index (χ1n) is 7.00. The van der Waals surface area contributed by atoms with Crippen molar-refractivity contribution in [2.24, 2.45) is 0 Å². The van der Waals surface area contributed by atoms with Crippen LogP contribution in [-0.4, -0.2) is 58.7 Å². The van der Waals surface area contributed by atoms with Gasteiger partial charge in [-0.25, -0.2) is 9.59 Å². The molecule has 1 aliphatic rings. The second-order valence-electron chi connectivity index (χ2n) is 4.83. The van der Waals surface area contributed by atoms with Crippen LogP contribution in [0, 0.1) is 0 Å². The van der Waals surface area contributed by atoms with Crippen molar-refractivity contribution in [3.8, 4) is 0 Å². The molecule has 116 valence electrons. The van der Waals surface area contributed by atoms with Crippen LogP contribution >= 0.6 is 0 Å². The molecule has 0 unspecified atom stereocenters. The summed E-state index contributed by atoms with van der Waals surface area (Å²) in [6.07, 6.45) is 0.479. The molecule has 0 bridgehead atoms. The zero-order valence-corrected chi connectivity index (χ0v) is 11.8. The highest BCUT2D eigenvalue weighted by molar-refractivity contribution is 5.98. The number of hydrogen-bond donors (Lipinski definition) is 3. The van der Waals surface area contributed by atoms with Gasteiger partial charge in [-0.15, -0.1) is 0 Å². The van der Waals surface area contributed by atoms with Gasteiger partial charge < -0.3 is 20.3 Å². The molecule has 2 heterocycles. The van der Waals surface area contributed by atoms with Crippen LogP contribution in [0.3, 0.4) is 0 Å². The zero-order chi connectivity index (χ0) is 15.4. The standard InChI is InChI=1S/C13H16N6O3/c20-12(14-5-7-19-6-2-8-22-13(19)21)15-9-3-1-4-10-11(9)17-18-16-10/h1,3-4H,2,5-8H2,(H2,14,15,20)(H,16,17,18). The van der Waals surface area contributed by atoms with E-state index in [1.807, 2.05) is 0 Å². The highest BCUT2D eigenvalue weighted by atomic mass is 16.6. The Kier molecular flexibility index (Phi) is 4.03. The lowest BCUT2D eigenvalue weighted by molar-refractivity contribution is 0.0736. The van der Waals surface area contributed by atoms with Gasteiger partial charge in [-0.3, -0.25) is 0 Å². The highest BCUT2D eigenvalue weighted by Gasteiger charge is 2.19. The van der Waals surface area contributed by atoms with E-state index >= 15 is 0 Å². The number of urea groups is 1. The molecule has 0 saturated carbocycles. The molecule has 3 amide bonds. The van der Waals surface area contributed by atoms with E-state index in [-0.39, 0.29) is 12.1 Å². The van der Waals surface area contributed by atoms with Crippen molar-refractivity contribution in [1.29, 1.82) is 0 Å². The summed E-state index contributed by atoms with van der Waals surface area (Å²) in [4.78, 5) is 24.9. The highest BCUT2D eigenvalue weighted by Crippen LogP contribution is 2.18. The van der Waals surface area contributed by atoms with E-state index < -0.39 is 0 Å². The van der Waals surface area contributed by atoms with Gasteiger partial charge in [0.25, 0.3) is 0 Å². The molecular weight excluding hydrogens is 288 g/mol. The fourth-order valence-corrected chi connectivity index (χ4v) is 2.24. The number of H-pyrrole nitrogens is 1. The summed E-state index contributed by atoms with van der Waals surface area (Å²) in [5, 5.41) is 15.9. The van der Waals surface area contributed by atoms with Gasteiger partial charge in [-0.05, 0) is 18.6 Å². The smallest absolute Gasteiger partial charge is 0.409 e. The number of carbonyl (C=O) groups excluding carboxylic acids is 2. The fraction of sp³-hybridized carbons (Fsp3) is 0.385. The number of carbonyl (C=O) groups is 2. The van der Waals surface area contributed by atoms with Gasteiger partial charge in [-0.1, -0.05) is 6.07 Å². The molecule has 2 aromatic rings. The Morgan fingerprint density at radius 3 is 3.18 bits per heavy atom. The van der Waals surface area contributed by atoms with E-state index in [2.05, 4.69) is 26.0 Å². The lowest BCUT2D eigenvalue weighted by atomic mass is 10.2. The quantitative estimate of drug-likeness (QED) is 0.777. The molecule has 0 spiro atoms. The van der Waals surface area contributed by atoms with E-state index in [1.165, 1.54) is 0 Å². The van der Waals surface area contributed by atoms with E-state index in [4.69, 9.17) is 4.74 Å². The Morgan fingerprint density at radius 2 is 2.32 bits per heavy atom. The average Bonchev–Trinajstić information content (AvgIpc) is 2.99. The number of para-hydroxylation sites is 1. The lowest BCUT2D eigenvalue weighted by Gasteiger charge is -2.26. The Bertz CT molecular complexity index is 685. The number of ether oxygens (including phenoxy) is 1. The van der Waals surface area contributed by atoms with E-state index in [0.29, 0.717) is 43.0 Å². The second-order valence-corrected chi connectivity index (χ2v) is 4.83. The molecular formula is C13H16N6O3. The van der Waals surface area contributed by atoms with Gasteiger partial charge in [0.05, 0.1) is 12.3 Å². The number of amides is 3. The number of aromatic amines is 1. The summed E-state index contributed by atoms with van der Waals surface area (Å²) in [7, 11) is 0. The summed E-state index contributed by atoms with van der Waals surface area (Å²) in [5.74, 6) is 0. The van der Waals surface area contributed by atoms with Crippen LogP contribution in [-0.2, 0) is 4.74 Å². The Hall–Kier alpha value is -2.84. The van der Waals surface area contributed by atoms with Crippen LogP contribution in [0.2, 0.25) is 0 Å². The molecule has 0 atom stereocenters. The number of nitrogens with one attached hydrogen (secondary N) is 3. The topological polar surface area (TPSA) is 112 Å². The maximum Gasteiger partial charge on any atom is 0.409 e. The van der Waals surface area contributed by atoms with Gasteiger partial charge in [0.2, 0.25) is 0 Å². The average molecular weight is 304 g/mol. The van der Waals surface area contributed by atoms with Crippen LogP contribution in [0.15, 0.2) is 18.2 Å². The third kappa shape index (κ3) is 3.08. The van der Waals surface area contributed by atoms with E-state index in [1.54, 1.807) is 23.1 Å². The van der Waals surface area contributed by atoms with Gasteiger partial charge in [0.1, 0.15) is 11.0 Å². The maximum atomic E-state index is 11.9. The summed E-state index contributed by atoms with van der Waals surface area (Å²) < 4.78 is 4.92. The molecule has 1 aromatic heterocycles. The van der Waals surface area contributed by atoms with Crippen LogP contribution in [0.1, 0.15) is 6.42 Å². The minimum atomic E-state index is -0.360. The Balaban J connectivity index is 1.50. The van der Waals surface area contributed by atoms with E-state index in [9.17, 15) is 9.59 Å². The molecule has 1 aliphatic heterocycles. The molecule has 0 aliphatic carbocycles. The van der Waals surface area contributed by atoms with Gasteiger partial charge in [0, 0.05) is 19.6 Å². The SMILES string of the molecule is O=C(NCCN1CCCOC1=O)Nc1cccc2n[nH]nc12. The number of hydrogen-bond acceptors (Lipinski definition) is 5. The predicted molar refractivity (Wildman–Crippen MR) is 78.4 cm³/mol. The third-order valence-corrected chi connectivity index (χ3v) is 3.32. The number of aromatic nitrogens is 3. The Morgan fingerprint density at radius 1 is 1.41 bits per heavy atom. The first kappa shape index (κ1) is 14.1. The molecule has 1 aromatic carbocycles. The zero-order valence-electron chi connectivity index (χ0n) is 11.8. The number of fused-ring (bicyclic) bond motifs is 1. The summed E-state index contributed by atoms with van der Waals surface area (Å²) in [6.45, 7) is 1.88. The first-order chi connectivity index (χ1) is 10.7. The van der Waals surface area contributed by atoms with Crippen molar-refractivity contribution in [3.63, 3.8) is 0 Å². The molecule has 1 fully saturated rings. The van der Waals surface area contributed by atoms with Crippen molar-refractivity contribution < 1.29 is 14.3 Å². The molecule has 9 nitrogen and oxygen atoms in total. The Labute approximate surface area is 126 Å². The molecule has 3 rings (SSSR count). The van der Waals surface area contributed by atoms with Crippen molar-refractivity contribution in [2.75, 3.05) is 31.6 Å². The summed E-state index contributed by atoms with van der Waals surface area (Å²) in [6, 6.07) is 4.96. The molecule has 9 heteroatoms. The van der Waals surface area contributed by atoms with Gasteiger partial charge in [-0.2, -0.15) is 15.4 Å². The first-order valence-corrected chi connectivity index (χ1v) is 7.00. The van der Waals surface area contributed by atoms with Crippen LogP contribution in [0.5, 0.6) is 0 Å². The van der Waals surface area contributed by atoms with Crippen molar-refractivity contribution in [2.45, 2.75) is 6.42 Å². The maximum absolute atomic E-state index is 11.9. The normalized spacial score (nSPS) is 14.7. The van der Waals surface area contributed by atoms with Gasteiger partial charge >= 0.3 is 12.1 Å². The molecule has 1 saturated heterocycles. The fourth-order valence-electron chi connectivity index (χ4n) is 2.24. The third-order valence-electron chi connectivity index (χ3n) is 3.32. The van der Waals surface area contributed by atoms with Gasteiger partial charge in [0.15, 0.2) is 0 Å². The lowest BCUT2D eigenvalue weighted by Crippen LogP contribution is -2.43. The minimum Gasteiger partial charge on any atom is -0.449 e.